The molecule has 1 saturated heterocycles. The molecule has 0 aromatic heterocycles. The molecular weight excluding hydrogens is 188 g/mol. The average Bonchev–Trinajstić information content (AvgIpc) is 2.30. The Balaban J connectivity index is 1.98. The van der Waals surface area contributed by atoms with Crippen LogP contribution in [0.5, 0.6) is 5.75 Å². The van der Waals surface area contributed by atoms with E-state index >= 15 is 0 Å². The average molecular weight is 206 g/mol. The molecule has 2 atom stereocenters. The lowest BCUT2D eigenvalue weighted by Gasteiger charge is -2.28. The zero-order valence-corrected chi connectivity index (χ0v) is 9.15. The number of phenols is 1. The Kier molecular flexibility index (Phi) is 3.27. The van der Waals surface area contributed by atoms with Crippen LogP contribution in [0.2, 0.25) is 0 Å². The normalized spacial score (nSPS) is 26.5. The summed E-state index contributed by atoms with van der Waals surface area (Å²) in [5.41, 5.74) is 1.18. The van der Waals surface area contributed by atoms with E-state index in [9.17, 15) is 5.11 Å². The fourth-order valence-corrected chi connectivity index (χ4v) is 2.08. The van der Waals surface area contributed by atoms with E-state index in [1.807, 2.05) is 12.1 Å². The molecule has 0 saturated carbocycles. The van der Waals surface area contributed by atoms with Gasteiger partial charge in [-0.3, -0.25) is 0 Å². The summed E-state index contributed by atoms with van der Waals surface area (Å²) < 4.78 is 5.83. The van der Waals surface area contributed by atoms with E-state index in [-0.39, 0.29) is 6.10 Å². The van der Waals surface area contributed by atoms with Gasteiger partial charge in [-0.2, -0.15) is 0 Å². The lowest BCUT2D eigenvalue weighted by Crippen LogP contribution is -2.19. The van der Waals surface area contributed by atoms with Gasteiger partial charge in [0.25, 0.3) is 0 Å². The minimum Gasteiger partial charge on any atom is -0.508 e. The largest absolute Gasteiger partial charge is 0.508 e. The van der Waals surface area contributed by atoms with E-state index in [4.69, 9.17) is 4.74 Å². The van der Waals surface area contributed by atoms with Crippen LogP contribution in [-0.2, 0) is 4.74 Å². The third-order valence-corrected chi connectivity index (χ3v) is 3.21. The molecule has 1 aromatic carbocycles. The molecule has 2 rings (SSSR count). The van der Waals surface area contributed by atoms with Gasteiger partial charge in [-0.25, -0.2) is 0 Å². The maximum absolute atomic E-state index is 9.19. The van der Waals surface area contributed by atoms with Crippen LogP contribution < -0.4 is 0 Å². The quantitative estimate of drug-likeness (QED) is 0.804. The van der Waals surface area contributed by atoms with Gasteiger partial charge in [-0.05, 0) is 36.5 Å². The topological polar surface area (TPSA) is 29.5 Å². The van der Waals surface area contributed by atoms with Gasteiger partial charge in [0.15, 0.2) is 0 Å². The third kappa shape index (κ3) is 2.51. The molecule has 2 nitrogen and oxygen atoms in total. The second-order valence-corrected chi connectivity index (χ2v) is 4.27. The molecule has 1 aliphatic heterocycles. The van der Waals surface area contributed by atoms with Gasteiger partial charge in [0.2, 0.25) is 0 Å². The van der Waals surface area contributed by atoms with Crippen LogP contribution in [0, 0.1) is 5.92 Å². The first-order valence-electron chi connectivity index (χ1n) is 5.70. The van der Waals surface area contributed by atoms with Gasteiger partial charge < -0.3 is 9.84 Å². The minimum atomic E-state index is 0.230. The summed E-state index contributed by atoms with van der Waals surface area (Å²) in [7, 11) is 0. The smallest absolute Gasteiger partial charge is 0.115 e. The van der Waals surface area contributed by atoms with E-state index < -0.39 is 0 Å². The van der Waals surface area contributed by atoms with Crippen molar-refractivity contribution in [2.24, 2.45) is 5.92 Å². The van der Waals surface area contributed by atoms with Crippen molar-refractivity contribution >= 4 is 0 Å². The van der Waals surface area contributed by atoms with Crippen LogP contribution in [0.15, 0.2) is 24.3 Å². The molecule has 2 heteroatoms. The SMILES string of the molecule is CCC1CCC(c2ccc(O)cc2)OC1. The predicted octanol–water partition coefficient (Wildman–Crippen LogP) is 3.27. The Morgan fingerprint density at radius 1 is 1.27 bits per heavy atom. The number of ether oxygens (including phenoxy) is 1. The van der Waals surface area contributed by atoms with Gasteiger partial charge >= 0.3 is 0 Å². The summed E-state index contributed by atoms with van der Waals surface area (Å²) >= 11 is 0. The minimum absolute atomic E-state index is 0.230. The number of phenolic OH excluding ortho intramolecular Hbond substituents is 1. The van der Waals surface area contributed by atoms with Crippen molar-refractivity contribution in [3.8, 4) is 5.75 Å². The van der Waals surface area contributed by atoms with Gasteiger partial charge in [0.05, 0.1) is 12.7 Å². The first-order valence-corrected chi connectivity index (χ1v) is 5.70. The van der Waals surface area contributed by atoms with Crippen LogP contribution >= 0.6 is 0 Å². The van der Waals surface area contributed by atoms with Gasteiger partial charge in [-0.15, -0.1) is 0 Å². The summed E-state index contributed by atoms with van der Waals surface area (Å²) in [4.78, 5) is 0. The van der Waals surface area contributed by atoms with Gasteiger partial charge in [0.1, 0.15) is 5.75 Å². The molecule has 0 amide bonds. The van der Waals surface area contributed by atoms with Crippen LogP contribution in [0.1, 0.15) is 37.9 Å². The van der Waals surface area contributed by atoms with Crippen molar-refractivity contribution in [2.75, 3.05) is 6.61 Å². The maximum atomic E-state index is 9.19. The molecule has 1 fully saturated rings. The van der Waals surface area contributed by atoms with Crippen molar-refractivity contribution in [2.45, 2.75) is 32.3 Å². The molecule has 0 radical (unpaired) electrons. The Morgan fingerprint density at radius 2 is 2.00 bits per heavy atom. The Labute approximate surface area is 90.9 Å². The highest BCUT2D eigenvalue weighted by molar-refractivity contribution is 5.27. The predicted molar refractivity (Wildman–Crippen MR) is 59.8 cm³/mol. The fourth-order valence-electron chi connectivity index (χ4n) is 2.08. The monoisotopic (exact) mass is 206 g/mol. The van der Waals surface area contributed by atoms with Crippen molar-refractivity contribution < 1.29 is 9.84 Å². The second-order valence-electron chi connectivity index (χ2n) is 4.27. The Hall–Kier alpha value is -1.02. The van der Waals surface area contributed by atoms with E-state index in [1.165, 1.54) is 18.4 Å². The van der Waals surface area contributed by atoms with Crippen molar-refractivity contribution in [3.05, 3.63) is 29.8 Å². The zero-order valence-electron chi connectivity index (χ0n) is 9.15. The van der Waals surface area contributed by atoms with E-state index in [0.717, 1.165) is 18.9 Å². The van der Waals surface area contributed by atoms with E-state index in [0.29, 0.717) is 5.75 Å². The molecule has 0 bridgehead atoms. The standard InChI is InChI=1S/C13H18O2/c1-2-10-3-8-13(15-9-10)11-4-6-12(14)7-5-11/h4-7,10,13-14H,2-3,8-9H2,1H3. The highest BCUT2D eigenvalue weighted by Crippen LogP contribution is 2.32. The van der Waals surface area contributed by atoms with Crippen molar-refractivity contribution in [1.29, 1.82) is 0 Å². The number of benzene rings is 1. The lowest BCUT2D eigenvalue weighted by atomic mass is 9.93. The highest BCUT2D eigenvalue weighted by atomic mass is 16.5. The van der Waals surface area contributed by atoms with Gasteiger partial charge in [-0.1, -0.05) is 25.5 Å². The second kappa shape index (κ2) is 4.67. The Bertz CT molecular complexity index is 297. The first kappa shape index (κ1) is 10.5. The molecule has 1 N–H and O–H groups in total. The molecule has 1 aromatic rings. The highest BCUT2D eigenvalue weighted by Gasteiger charge is 2.21. The first-order chi connectivity index (χ1) is 7.29. The summed E-state index contributed by atoms with van der Waals surface area (Å²) in [5, 5.41) is 9.19. The number of hydrogen-bond donors (Lipinski definition) is 1. The lowest BCUT2D eigenvalue weighted by molar-refractivity contribution is -0.0181. The Morgan fingerprint density at radius 3 is 2.53 bits per heavy atom. The van der Waals surface area contributed by atoms with Crippen molar-refractivity contribution in [1.82, 2.24) is 0 Å². The molecule has 1 heterocycles. The number of aromatic hydroxyl groups is 1. The molecular formula is C13H18O2. The molecule has 15 heavy (non-hydrogen) atoms. The molecule has 0 spiro atoms. The third-order valence-electron chi connectivity index (χ3n) is 3.21. The zero-order chi connectivity index (χ0) is 10.7. The van der Waals surface area contributed by atoms with Crippen molar-refractivity contribution in [3.63, 3.8) is 0 Å². The van der Waals surface area contributed by atoms with Crippen LogP contribution in [0.25, 0.3) is 0 Å². The van der Waals surface area contributed by atoms with Crippen LogP contribution in [0.4, 0.5) is 0 Å². The van der Waals surface area contributed by atoms with Gasteiger partial charge in [0, 0.05) is 0 Å². The molecule has 2 unspecified atom stereocenters. The van der Waals surface area contributed by atoms with E-state index in [2.05, 4.69) is 6.92 Å². The fraction of sp³-hybridized carbons (Fsp3) is 0.538. The number of rotatable bonds is 2. The number of hydrogen-bond acceptors (Lipinski definition) is 2. The van der Waals surface area contributed by atoms with E-state index in [1.54, 1.807) is 12.1 Å². The summed E-state index contributed by atoms with van der Waals surface area (Å²) in [6, 6.07) is 7.35. The summed E-state index contributed by atoms with van der Waals surface area (Å²) in [5.74, 6) is 1.05. The summed E-state index contributed by atoms with van der Waals surface area (Å²) in [6.07, 6.45) is 3.79. The molecule has 0 aliphatic carbocycles. The van der Waals surface area contributed by atoms with Crippen LogP contribution in [-0.4, -0.2) is 11.7 Å². The molecule has 1 aliphatic rings. The summed E-state index contributed by atoms with van der Waals surface area (Å²) in [6.45, 7) is 3.09. The maximum Gasteiger partial charge on any atom is 0.115 e. The molecule has 82 valence electrons. The van der Waals surface area contributed by atoms with Crippen LogP contribution in [0.3, 0.4) is 0 Å².